The van der Waals surface area contributed by atoms with Gasteiger partial charge in [-0.15, -0.1) is 0 Å². The van der Waals surface area contributed by atoms with Gasteiger partial charge in [0.2, 0.25) is 11.7 Å². The molecule has 0 atom stereocenters. The number of nitrogens with zero attached hydrogens (tertiary/aromatic N) is 4. The average Bonchev–Trinajstić information content (AvgIpc) is 2.48. The second kappa shape index (κ2) is 2.56. The van der Waals surface area contributed by atoms with E-state index in [2.05, 4.69) is 15.4 Å². The molecule has 0 aliphatic rings. The second-order valence-corrected chi connectivity index (χ2v) is 2.55. The molecule has 68 valence electrons. The number of nitrogens with two attached hydrogens (primary N) is 1. The number of nitrogens with one attached hydrogen (secondary N) is 1. The maximum absolute atomic E-state index is 11.3. The van der Waals surface area contributed by atoms with Gasteiger partial charge in [-0.2, -0.15) is 9.97 Å². The zero-order valence-electron chi connectivity index (χ0n) is 6.93. The van der Waals surface area contributed by atoms with Crippen molar-refractivity contribution in [2.24, 2.45) is 12.9 Å². The van der Waals surface area contributed by atoms with Crippen molar-refractivity contribution in [1.29, 1.82) is 0 Å². The fourth-order valence-corrected chi connectivity index (χ4v) is 1.08. The topological polar surface area (TPSA) is 90.2 Å². The highest BCUT2D eigenvalue weighted by atomic mass is 16.1. The number of rotatable bonds is 1. The van der Waals surface area contributed by atoms with Gasteiger partial charge in [-0.3, -0.25) is 5.43 Å². The largest absolute Gasteiger partial charge is 0.357 e. The summed E-state index contributed by atoms with van der Waals surface area (Å²) >= 11 is 0. The van der Waals surface area contributed by atoms with Gasteiger partial charge in [0.1, 0.15) is 0 Å². The fourth-order valence-electron chi connectivity index (χ4n) is 1.08. The molecule has 2 aromatic rings. The highest BCUT2D eigenvalue weighted by Crippen LogP contribution is 1.98. The van der Waals surface area contributed by atoms with Crippen molar-refractivity contribution in [1.82, 2.24) is 18.9 Å². The molecule has 7 heteroatoms. The lowest BCUT2D eigenvalue weighted by Gasteiger charge is -1.98. The van der Waals surface area contributed by atoms with E-state index in [-0.39, 0.29) is 5.95 Å². The summed E-state index contributed by atoms with van der Waals surface area (Å²) in [7, 11) is 1.78. The SMILES string of the molecule is Cn1ccn2c(=O)nc(NN)nc12. The summed E-state index contributed by atoms with van der Waals surface area (Å²) in [6.07, 6.45) is 3.31. The molecular weight excluding hydrogens is 172 g/mol. The number of aromatic nitrogens is 4. The van der Waals surface area contributed by atoms with E-state index in [1.54, 1.807) is 24.0 Å². The Morgan fingerprint density at radius 1 is 1.46 bits per heavy atom. The number of hydrazine groups is 1. The second-order valence-electron chi connectivity index (χ2n) is 2.55. The maximum Gasteiger partial charge on any atom is 0.357 e. The quantitative estimate of drug-likeness (QED) is 0.421. The minimum atomic E-state index is -0.404. The van der Waals surface area contributed by atoms with Gasteiger partial charge in [0.25, 0.3) is 0 Å². The molecule has 2 rings (SSSR count). The lowest BCUT2D eigenvalue weighted by Crippen LogP contribution is -2.22. The third kappa shape index (κ3) is 1.05. The molecular formula is C6H8N6O. The number of imidazole rings is 1. The monoisotopic (exact) mass is 180 g/mol. The van der Waals surface area contributed by atoms with Gasteiger partial charge >= 0.3 is 5.69 Å². The average molecular weight is 180 g/mol. The number of fused-ring (bicyclic) bond motifs is 1. The number of nitrogen functional groups attached to an aromatic ring is 1. The first-order valence-corrected chi connectivity index (χ1v) is 3.60. The minimum absolute atomic E-state index is 0.117. The number of anilines is 1. The van der Waals surface area contributed by atoms with Gasteiger partial charge in [0.05, 0.1) is 0 Å². The summed E-state index contributed by atoms with van der Waals surface area (Å²) in [4.78, 5) is 18.8. The van der Waals surface area contributed by atoms with E-state index in [0.717, 1.165) is 0 Å². The summed E-state index contributed by atoms with van der Waals surface area (Å²) in [6.45, 7) is 0. The van der Waals surface area contributed by atoms with Gasteiger partial charge in [-0.1, -0.05) is 0 Å². The van der Waals surface area contributed by atoms with Gasteiger partial charge in [0.15, 0.2) is 0 Å². The van der Waals surface area contributed by atoms with Crippen molar-refractivity contribution >= 4 is 11.7 Å². The highest BCUT2D eigenvalue weighted by Gasteiger charge is 2.04. The predicted octanol–water partition coefficient (Wildman–Crippen LogP) is -1.29. The molecule has 3 N–H and O–H groups in total. The predicted molar refractivity (Wildman–Crippen MR) is 46.0 cm³/mol. The van der Waals surface area contributed by atoms with Crippen LogP contribution in [-0.2, 0) is 7.05 Å². The lowest BCUT2D eigenvalue weighted by molar-refractivity contribution is 0.879. The van der Waals surface area contributed by atoms with E-state index in [9.17, 15) is 4.79 Å². The summed E-state index contributed by atoms with van der Waals surface area (Å²) in [6, 6.07) is 0. The standard InChI is InChI=1S/C6H8N6O/c1-11-2-3-12-5(11)8-4(10-7)9-6(12)13/h2-3H,7H2,1H3,(H,9,10,13). The molecule has 0 aromatic carbocycles. The Balaban J connectivity index is 2.88. The van der Waals surface area contributed by atoms with Crippen LogP contribution in [0.4, 0.5) is 5.95 Å². The molecule has 0 unspecified atom stereocenters. The Kier molecular flexibility index (Phi) is 1.52. The first-order chi connectivity index (χ1) is 6.22. The zero-order valence-corrected chi connectivity index (χ0v) is 6.93. The first-order valence-electron chi connectivity index (χ1n) is 3.60. The van der Waals surface area contributed by atoms with Crippen LogP contribution < -0.4 is 17.0 Å². The highest BCUT2D eigenvalue weighted by molar-refractivity contribution is 5.35. The summed E-state index contributed by atoms with van der Waals surface area (Å²) in [5, 5.41) is 0. The Bertz CT molecular complexity index is 497. The molecule has 0 amide bonds. The van der Waals surface area contributed by atoms with Crippen LogP contribution in [0.2, 0.25) is 0 Å². The summed E-state index contributed by atoms with van der Waals surface area (Å²) in [5.74, 6) is 5.71. The van der Waals surface area contributed by atoms with Crippen molar-refractivity contribution < 1.29 is 0 Å². The van der Waals surface area contributed by atoms with E-state index in [1.165, 1.54) is 4.40 Å². The molecule has 0 aliphatic carbocycles. The molecule has 0 bridgehead atoms. The molecule has 13 heavy (non-hydrogen) atoms. The molecule has 0 fully saturated rings. The molecule has 0 spiro atoms. The van der Waals surface area contributed by atoms with Crippen molar-refractivity contribution in [3.05, 3.63) is 22.9 Å². The van der Waals surface area contributed by atoms with E-state index in [1.807, 2.05) is 0 Å². The molecule has 0 radical (unpaired) electrons. The van der Waals surface area contributed by atoms with Gasteiger partial charge in [-0.05, 0) is 0 Å². The van der Waals surface area contributed by atoms with E-state index in [4.69, 9.17) is 5.84 Å². The van der Waals surface area contributed by atoms with Gasteiger partial charge in [-0.25, -0.2) is 15.0 Å². The van der Waals surface area contributed by atoms with Crippen LogP contribution in [-0.4, -0.2) is 18.9 Å². The Labute approximate surface area is 72.8 Å². The number of hydrogen-bond acceptors (Lipinski definition) is 5. The van der Waals surface area contributed by atoms with Crippen LogP contribution in [0, 0.1) is 0 Å². The third-order valence-corrected chi connectivity index (χ3v) is 1.71. The van der Waals surface area contributed by atoms with Crippen molar-refractivity contribution in [2.45, 2.75) is 0 Å². The maximum atomic E-state index is 11.3. The smallest absolute Gasteiger partial charge is 0.320 e. The zero-order chi connectivity index (χ0) is 9.42. The molecule has 2 aromatic heterocycles. The van der Waals surface area contributed by atoms with E-state index < -0.39 is 5.69 Å². The van der Waals surface area contributed by atoms with Crippen LogP contribution in [0.1, 0.15) is 0 Å². The molecule has 7 nitrogen and oxygen atoms in total. The normalized spacial score (nSPS) is 10.6. The Morgan fingerprint density at radius 3 is 2.92 bits per heavy atom. The van der Waals surface area contributed by atoms with E-state index >= 15 is 0 Å². The van der Waals surface area contributed by atoms with Crippen LogP contribution in [0.5, 0.6) is 0 Å². The van der Waals surface area contributed by atoms with E-state index in [0.29, 0.717) is 5.78 Å². The molecule has 0 saturated heterocycles. The summed E-state index contributed by atoms with van der Waals surface area (Å²) in [5.41, 5.74) is 1.82. The van der Waals surface area contributed by atoms with Gasteiger partial charge in [0, 0.05) is 19.4 Å². The third-order valence-electron chi connectivity index (χ3n) is 1.71. The first kappa shape index (κ1) is 7.74. The molecule has 0 saturated carbocycles. The van der Waals surface area contributed by atoms with Crippen LogP contribution in [0.25, 0.3) is 5.78 Å². The molecule has 2 heterocycles. The summed E-state index contributed by atoms with van der Waals surface area (Å²) < 4.78 is 3.03. The molecule has 0 aliphatic heterocycles. The van der Waals surface area contributed by atoms with Crippen LogP contribution in [0.3, 0.4) is 0 Å². The Hall–Kier alpha value is -1.89. The van der Waals surface area contributed by atoms with Crippen LogP contribution in [0.15, 0.2) is 17.2 Å². The van der Waals surface area contributed by atoms with Crippen molar-refractivity contribution in [3.8, 4) is 0 Å². The lowest BCUT2D eigenvalue weighted by atomic mass is 10.8. The van der Waals surface area contributed by atoms with Crippen molar-refractivity contribution in [3.63, 3.8) is 0 Å². The van der Waals surface area contributed by atoms with Crippen LogP contribution >= 0.6 is 0 Å². The van der Waals surface area contributed by atoms with Gasteiger partial charge < -0.3 is 4.57 Å². The minimum Gasteiger partial charge on any atom is -0.320 e. The Morgan fingerprint density at radius 2 is 2.23 bits per heavy atom. The number of aryl methyl sites for hydroxylation is 1. The fraction of sp³-hybridized carbons (Fsp3) is 0.167. The van der Waals surface area contributed by atoms with Crippen molar-refractivity contribution in [2.75, 3.05) is 5.43 Å². The number of hydrogen-bond donors (Lipinski definition) is 2.